The predicted molar refractivity (Wildman–Crippen MR) is 105 cm³/mol. The van der Waals surface area contributed by atoms with Crippen molar-refractivity contribution < 1.29 is 29.3 Å². The molecule has 160 valence electrons. The summed E-state index contributed by atoms with van der Waals surface area (Å²) in [5.74, 6) is -1.84. The monoisotopic (exact) mass is 447 g/mol. The van der Waals surface area contributed by atoms with Gasteiger partial charge in [-0.15, -0.1) is 0 Å². The molecule has 2 amide bonds. The lowest BCUT2D eigenvalue weighted by atomic mass is 9.92. The maximum absolute atomic E-state index is 12.7. The molecule has 9 nitrogen and oxygen atoms in total. The van der Waals surface area contributed by atoms with Gasteiger partial charge in [0.2, 0.25) is 5.91 Å². The van der Waals surface area contributed by atoms with E-state index in [9.17, 15) is 24.6 Å². The third-order valence-corrected chi connectivity index (χ3v) is 5.09. The number of epoxide rings is 1. The van der Waals surface area contributed by atoms with Gasteiger partial charge in [-0.1, -0.05) is 37.0 Å². The number of ketones is 1. The number of nitrogens with zero attached hydrogens (tertiary/aromatic N) is 1. The van der Waals surface area contributed by atoms with Crippen LogP contribution >= 0.6 is 23.2 Å². The zero-order chi connectivity index (χ0) is 21.8. The van der Waals surface area contributed by atoms with Crippen LogP contribution in [0.4, 0.5) is 0 Å². The number of Topliss-reactive ketones (excluding diaryl/α,β-unsaturated/α-hetero) is 1. The molecule has 1 aliphatic rings. The third kappa shape index (κ3) is 5.86. The highest BCUT2D eigenvalue weighted by atomic mass is 35.5. The Balaban J connectivity index is 2.08. The molecule has 29 heavy (non-hydrogen) atoms. The number of halogens is 2. The fourth-order valence-electron chi connectivity index (χ4n) is 2.67. The van der Waals surface area contributed by atoms with Crippen molar-refractivity contribution in [2.24, 2.45) is 5.92 Å². The summed E-state index contributed by atoms with van der Waals surface area (Å²) >= 11 is 11.5. The highest BCUT2D eigenvalue weighted by Gasteiger charge is 2.54. The minimum Gasteiger partial charge on any atom is -0.394 e. The molecule has 0 bridgehead atoms. The lowest BCUT2D eigenvalue weighted by molar-refractivity contribution is -0.133. The van der Waals surface area contributed by atoms with Gasteiger partial charge in [-0.25, -0.2) is 4.98 Å². The van der Waals surface area contributed by atoms with Crippen molar-refractivity contribution in [1.82, 2.24) is 15.6 Å². The van der Waals surface area contributed by atoms with Crippen LogP contribution in [0, 0.1) is 5.92 Å². The van der Waals surface area contributed by atoms with Crippen molar-refractivity contribution >= 4 is 40.8 Å². The van der Waals surface area contributed by atoms with Gasteiger partial charge in [-0.3, -0.25) is 14.4 Å². The molecular weight excluding hydrogens is 425 g/mol. The van der Waals surface area contributed by atoms with E-state index in [0.717, 1.165) is 0 Å². The molecule has 1 saturated heterocycles. The Kier molecular flexibility index (Phi) is 7.95. The summed E-state index contributed by atoms with van der Waals surface area (Å²) in [6.45, 7) is 2.64. The molecule has 0 radical (unpaired) electrons. The number of amides is 2. The summed E-state index contributed by atoms with van der Waals surface area (Å²) in [5, 5.41) is 23.9. The molecule has 1 aliphatic heterocycles. The third-order valence-electron chi connectivity index (χ3n) is 4.40. The van der Waals surface area contributed by atoms with Gasteiger partial charge in [-0.05, 0) is 18.4 Å². The van der Waals surface area contributed by atoms with Crippen LogP contribution in [0.3, 0.4) is 0 Å². The first-order valence-electron chi connectivity index (χ1n) is 8.95. The Morgan fingerprint density at radius 2 is 1.90 bits per heavy atom. The number of hydrogen-bond acceptors (Lipinski definition) is 7. The van der Waals surface area contributed by atoms with Crippen molar-refractivity contribution in [1.29, 1.82) is 0 Å². The fourth-order valence-corrected chi connectivity index (χ4v) is 2.94. The van der Waals surface area contributed by atoms with Gasteiger partial charge in [0, 0.05) is 6.20 Å². The van der Waals surface area contributed by atoms with E-state index in [1.165, 1.54) is 12.3 Å². The van der Waals surface area contributed by atoms with E-state index in [1.807, 2.05) is 13.8 Å². The summed E-state index contributed by atoms with van der Waals surface area (Å²) in [5.41, 5.74) is -1.25. The second-order valence-corrected chi connectivity index (χ2v) is 7.97. The molecule has 1 unspecified atom stereocenters. The van der Waals surface area contributed by atoms with E-state index in [2.05, 4.69) is 15.6 Å². The van der Waals surface area contributed by atoms with Crippen LogP contribution in [0.2, 0.25) is 10.2 Å². The van der Waals surface area contributed by atoms with E-state index in [0.29, 0.717) is 6.42 Å². The fraction of sp³-hybridized carbons (Fsp3) is 0.556. The summed E-state index contributed by atoms with van der Waals surface area (Å²) in [6, 6.07) is -0.974. The highest BCUT2D eigenvalue weighted by molar-refractivity contribution is 6.41. The van der Waals surface area contributed by atoms with Crippen LogP contribution in [0.1, 0.15) is 30.6 Å². The van der Waals surface area contributed by atoms with E-state index in [4.69, 9.17) is 27.9 Å². The van der Waals surface area contributed by atoms with Crippen molar-refractivity contribution in [2.45, 2.75) is 38.0 Å². The van der Waals surface area contributed by atoms with Gasteiger partial charge in [0.05, 0.1) is 36.4 Å². The molecule has 4 N–H and O–H groups in total. The number of pyridine rings is 1. The number of hydrogen-bond donors (Lipinski definition) is 4. The molecule has 1 aromatic heterocycles. The smallest absolute Gasteiger partial charge is 0.253 e. The lowest BCUT2D eigenvalue weighted by Crippen LogP contribution is -2.55. The van der Waals surface area contributed by atoms with E-state index in [1.54, 1.807) is 0 Å². The normalized spacial score (nSPS) is 20.1. The summed E-state index contributed by atoms with van der Waals surface area (Å²) in [6.07, 6.45) is 1.48. The second-order valence-electron chi connectivity index (χ2n) is 7.20. The van der Waals surface area contributed by atoms with Crippen molar-refractivity contribution in [2.75, 3.05) is 19.8 Å². The number of aliphatic hydroxyl groups excluding tert-OH is 2. The van der Waals surface area contributed by atoms with Gasteiger partial charge < -0.3 is 25.6 Å². The zero-order valence-corrected chi connectivity index (χ0v) is 17.5. The van der Waals surface area contributed by atoms with Gasteiger partial charge >= 0.3 is 0 Å². The zero-order valence-electron chi connectivity index (χ0n) is 15.9. The minimum atomic E-state index is -1.32. The topological polar surface area (TPSA) is 141 Å². The number of carbonyl (C=O) groups is 3. The Morgan fingerprint density at radius 1 is 1.24 bits per heavy atom. The molecule has 0 spiro atoms. The summed E-state index contributed by atoms with van der Waals surface area (Å²) < 4.78 is 5.08. The highest BCUT2D eigenvalue weighted by Crippen LogP contribution is 2.30. The Hall–Kier alpha value is -1.78. The van der Waals surface area contributed by atoms with Crippen LogP contribution in [-0.2, 0) is 14.3 Å². The average Bonchev–Trinajstić information content (AvgIpc) is 3.47. The standard InChI is InChI=1S/C18H23Cl2N3O6/c1-9(2)3-12(14(26)18(7-25)8-29-18)22-17(28)13(6-24)23-16(27)10-4-11(19)15(20)21-5-10/h4-5,9,12-13,24-25H,3,6-8H2,1-2H3,(H,22,28)(H,23,27)/t12?,13-,18+/m0/s1. The van der Waals surface area contributed by atoms with Crippen molar-refractivity contribution in [3.05, 3.63) is 28.0 Å². The van der Waals surface area contributed by atoms with Crippen molar-refractivity contribution in [3.8, 4) is 0 Å². The van der Waals surface area contributed by atoms with Crippen LogP contribution in [0.5, 0.6) is 0 Å². The molecule has 3 atom stereocenters. The molecule has 0 saturated carbocycles. The number of aliphatic hydroxyl groups is 2. The lowest BCUT2D eigenvalue weighted by Gasteiger charge is -2.24. The predicted octanol–water partition coefficient (Wildman–Crippen LogP) is 0.340. The summed E-state index contributed by atoms with van der Waals surface area (Å²) in [7, 11) is 0. The molecule has 0 aliphatic carbocycles. The Bertz CT molecular complexity index is 785. The maximum Gasteiger partial charge on any atom is 0.253 e. The number of aromatic nitrogens is 1. The Labute approximate surface area is 177 Å². The van der Waals surface area contributed by atoms with E-state index >= 15 is 0 Å². The van der Waals surface area contributed by atoms with E-state index < -0.39 is 48.5 Å². The maximum atomic E-state index is 12.7. The van der Waals surface area contributed by atoms with Gasteiger partial charge in [0.1, 0.15) is 11.2 Å². The first kappa shape index (κ1) is 23.5. The summed E-state index contributed by atoms with van der Waals surface area (Å²) in [4.78, 5) is 41.3. The van der Waals surface area contributed by atoms with E-state index in [-0.39, 0.29) is 28.3 Å². The largest absolute Gasteiger partial charge is 0.394 e. The number of nitrogens with one attached hydrogen (secondary N) is 2. The average molecular weight is 448 g/mol. The first-order valence-corrected chi connectivity index (χ1v) is 9.71. The first-order chi connectivity index (χ1) is 13.6. The van der Waals surface area contributed by atoms with Crippen LogP contribution in [0.15, 0.2) is 12.3 Å². The van der Waals surface area contributed by atoms with Crippen LogP contribution < -0.4 is 10.6 Å². The molecule has 1 fully saturated rings. The SMILES string of the molecule is CC(C)CC(NC(=O)[C@H](CO)NC(=O)c1cnc(Cl)c(Cl)c1)C(=O)[C@@]1(CO)CO1. The Morgan fingerprint density at radius 3 is 2.38 bits per heavy atom. The van der Waals surface area contributed by atoms with Gasteiger partial charge in [-0.2, -0.15) is 0 Å². The number of rotatable bonds is 10. The minimum absolute atomic E-state index is 0.0230. The molecule has 11 heteroatoms. The van der Waals surface area contributed by atoms with Crippen molar-refractivity contribution in [3.63, 3.8) is 0 Å². The van der Waals surface area contributed by atoms with Gasteiger partial charge in [0.25, 0.3) is 5.91 Å². The number of ether oxygens (including phenoxy) is 1. The molecule has 0 aromatic carbocycles. The van der Waals surface area contributed by atoms with Crippen LogP contribution in [-0.4, -0.2) is 70.3 Å². The second kappa shape index (κ2) is 9.82. The molecule has 2 rings (SSSR count). The molecule has 2 heterocycles. The number of carbonyl (C=O) groups excluding carboxylic acids is 3. The molecular formula is C18H23Cl2N3O6. The molecule has 1 aromatic rings. The van der Waals surface area contributed by atoms with Gasteiger partial charge in [0.15, 0.2) is 11.4 Å². The quantitative estimate of drug-likeness (QED) is 0.299. The van der Waals surface area contributed by atoms with Crippen LogP contribution in [0.25, 0.3) is 0 Å².